The molecule has 0 N–H and O–H groups in total. The van der Waals surface area contributed by atoms with Crippen LogP contribution in [0.3, 0.4) is 0 Å². The first-order valence-corrected chi connectivity index (χ1v) is 13.4. The van der Waals surface area contributed by atoms with Crippen LogP contribution >= 0.6 is 0 Å². The minimum atomic E-state index is -0.595. The van der Waals surface area contributed by atoms with Crippen molar-refractivity contribution in [2.24, 2.45) is 5.41 Å². The predicted octanol–water partition coefficient (Wildman–Crippen LogP) is 5.48. The number of esters is 1. The quantitative estimate of drug-likeness (QED) is 0.430. The summed E-state index contributed by atoms with van der Waals surface area (Å²) in [7, 11) is 1.38. The van der Waals surface area contributed by atoms with Crippen LogP contribution in [0.4, 0.5) is 4.39 Å². The molecule has 0 spiro atoms. The number of fused-ring (bicyclic) bond motifs is 1. The van der Waals surface area contributed by atoms with Crippen LogP contribution in [-0.4, -0.2) is 51.1 Å². The van der Waals surface area contributed by atoms with E-state index in [1.54, 1.807) is 16.6 Å². The molecule has 2 saturated carbocycles. The molecule has 194 valence electrons. The van der Waals surface area contributed by atoms with E-state index in [4.69, 9.17) is 14.8 Å². The summed E-state index contributed by atoms with van der Waals surface area (Å²) in [6.07, 6.45) is 7.05. The third-order valence-electron chi connectivity index (χ3n) is 8.54. The molecule has 1 saturated heterocycles. The molecule has 2 aliphatic carbocycles. The summed E-state index contributed by atoms with van der Waals surface area (Å²) in [6.45, 7) is 4.72. The van der Waals surface area contributed by atoms with Crippen molar-refractivity contribution in [2.45, 2.75) is 76.7 Å². The molecule has 1 amide bonds. The highest BCUT2D eigenvalue weighted by Crippen LogP contribution is 2.59. The number of hydrogen-bond donors (Lipinski definition) is 0. The topological polar surface area (TPSA) is 76.8 Å². The van der Waals surface area contributed by atoms with Crippen molar-refractivity contribution in [3.8, 4) is 11.3 Å². The molecule has 7 nitrogen and oxygen atoms in total. The minimum absolute atomic E-state index is 0.0322. The summed E-state index contributed by atoms with van der Waals surface area (Å²) in [5.74, 6) is -0.397. The Morgan fingerprint density at radius 1 is 1.11 bits per heavy atom. The van der Waals surface area contributed by atoms with Gasteiger partial charge < -0.3 is 9.64 Å². The van der Waals surface area contributed by atoms with Crippen molar-refractivity contribution in [1.82, 2.24) is 19.5 Å². The Hall–Kier alpha value is -3.29. The lowest BCUT2D eigenvalue weighted by Crippen LogP contribution is -2.38. The van der Waals surface area contributed by atoms with Crippen LogP contribution < -0.4 is 0 Å². The predicted molar refractivity (Wildman–Crippen MR) is 137 cm³/mol. The standard InChI is InChI=1S/C29H33FN4O3/c1-17-7-5-4-6-12-33(17)27(35)24-14-25(18-8-9-18)34-26(31-24)15-23(32-34)20-11-10-19(13-22(20)30)21-16-29(21,2)28(36)37-3/h10-11,13-15,17-18,21H,4-9,12,16H2,1-3H3/t17-,21+,29+/m1/s1. The maximum atomic E-state index is 15.3. The van der Waals surface area contributed by atoms with Gasteiger partial charge in [0.15, 0.2) is 5.65 Å². The largest absolute Gasteiger partial charge is 0.469 e. The molecule has 0 bridgehead atoms. The van der Waals surface area contributed by atoms with Crippen LogP contribution in [0.15, 0.2) is 30.3 Å². The van der Waals surface area contributed by atoms with Gasteiger partial charge in [-0.3, -0.25) is 9.59 Å². The van der Waals surface area contributed by atoms with Crippen LogP contribution in [0.5, 0.6) is 0 Å². The lowest BCUT2D eigenvalue weighted by Gasteiger charge is -2.27. The van der Waals surface area contributed by atoms with Crippen molar-refractivity contribution in [3.63, 3.8) is 0 Å². The first-order valence-electron chi connectivity index (χ1n) is 13.4. The fourth-order valence-electron chi connectivity index (χ4n) is 5.90. The Bertz CT molecular complexity index is 1400. The number of carbonyl (C=O) groups is 2. The van der Waals surface area contributed by atoms with Gasteiger partial charge in [-0.2, -0.15) is 5.10 Å². The average molecular weight is 505 g/mol. The van der Waals surface area contributed by atoms with Gasteiger partial charge in [0.2, 0.25) is 0 Å². The number of benzene rings is 1. The normalized spacial score (nSPS) is 25.7. The summed E-state index contributed by atoms with van der Waals surface area (Å²) in [4.78, 5) is 32.3. The van der Waals surface area contributed by atoms with Gasteiger partial charge in [0, 0.05) is 41.7 Å². The highest BCUT2D eigenvalue weighted by atomic mass is 19.1. The maximum Gasteiger partial charge on any atom is 0.312 e. The molecule has 3 aromatic rings. The van der Waals surface area contributed by atoms with Crippen LogP contribution in [0.1, 0.15) is 92.4 Å². The van der Waals surface area contributed by atoms with E-state index in [2.05, 4.69) is 6.92 Å². The van der Waals surface area contributed by atoms with Crippen LogP contribution in [0.25, 0.3) is 16.9 Å². The fourth-order valence-corrected chi connectivity index (χ4v) is 5.90. The van der Waals surface area contributed by atoms with E-state index in [-0.39, 0.29) is 29.7 Å². The van der Waals surface area contributed by atoms with Crippen molar-refractivity contribution in [2.75, 3.05) is 13.7 Å². The van der Waals surface area contributed by atoms with Crippen molar-refractivity contribution >= 4 is 17.5 Å². The van der Waals surface area contributed by atoms with E-state index in [0.717, 1.165) is 56.3 Å². The molecule has 1 aliphatic heterocycles. The van der Waals surface area contributed by atoms with Gasteiger partial charge in [0.1, 0.15) is 11.5 Å². The fraction of sp³-hybridized carbons (Fsp3) is 0.517. The van der Waals surface area contributed by atoms with Crippen LogP contribution in [0, 0.1) is 11.2 Å². The molecule has 37 heavy (non-hydrogen) atoms. The lowest BCUT2D eigenvalue weighted by molar-refractivity contribution is -0.146. The Morgan fingerprint density at radius 2 is 1.92 bits per heavy atom. The summed E-state index contributed by atoms with van der Waals surface area (Å²) < 4.78 is 22.0. The van der Waals surface area contributed by atoms with Crippen molar-refractivity contribution in [3.05, 3.63) is 53.1 Å². The van der Waals surface area contributed by atoms with E-state index in [1.807, 2.05) is 24.0 Å². The van der Waals surface area contributed by atoms with Crippen molar-refractivity contribution < 1.29 is 18.7 Å². The van der Waals surface area contributed by atoms with Crippen LogP contribution in [0.2, 0.25) is 0 Å². The first-order chi connectivity index (χ1) is 17.8. The Balaban J connectivity index is 1.34. The number of aromatic nitrogens is 3. The first kappa shape index (κ1) is 24.1. The molecule has 2 aromatic heterocycles. The van der Waals surface area contributed by atoms with E-state index < -0.39 is 5.41 Å². The summed E-state index contributed by atoms with van der Waals surface area (Å²) in [5.41, 5.74) is 3.03. The number of likely N-dealkylation sites (tertiary alicyclic amines) is 1. The van der Waals surface area contributed by atoms with Gasteiger partial charge >= 0.3 is 5.97 Å². The molecule has 0 radical (unpaired) electrons. The van der Waals surface area contributed by atoms with E-state index in [9.17, 15) is 9.59 Å². The summed E-state index contributed by atoms with van der Waals surface area (Å²) in [6, 6.07) is 8.95. The molecule has 3 aliphatic rings. The van der Waals surface area contributed by atoms with Gasteiger partial charge in [-0.25, -0.2) is 13.9 Å². The zero-order valence-corrected chi connectivity index (χ0v) is 21.7. The van der Waals surface area contributed by atoms with Crippen molar-refractivity contribution in [1.29, 1.82) is 0 Å². The van der Waals surface area contributed by atoms with Gasteiger partial charge in [0.05, 0.1) is 18.2 Å². The monoisotopic (exact) mass is 504 g/mol. The number of hydrogen-bond acceptors (Lipinski definition) is 5. The number of ether oxygens (including phenoxy) is 1. The Kier molecular flexibility index (Phi) is 5.81. The van der Waals surface area contributed by atoms with Gasteiger partial charge in [0.25, 0.3) is 5.91 Å². The van der Waals surface area contributed by atoms with E-state index in [0.29, 0.717) is 34.9 Å². The highest BCUT2D eigenvalue weighted by molar-refractivity contribution is 5.93. The number of amides is 1. The molecule has 0 unspecified atom stereocenters. The molecular formula is C29H33FN4O3. The number of methoxy groups -OCH3 is 1. The molecule has 8 heteroatoms. The summed E-state index contributed by atoms with van der Waals surface area (Å²) in [5, 5.41) is 4.72. The van der Waals surface area contributed by atoms with Gasteiger partial charge in [-0.05, 0) is 69.7 Å². The third-order valence-corrected chi connectivity index (χ3v) is 8.54. The molecule has 3 heterocycles. The summed E-state index contributed by atoms with van der Waals surface area (Å²) >= 11 is 0. The zero-order chi connectivity index (χ0) is 25.9. The van der Waals surface area contributed by atoms with Crippen LogP contribution in [-0.2, 0) is 9.53 Å². The molecule has 3 fully saturated rings. The zero-order valence-electron chi connectivity index (χ0n) is 21.7. The third kappa shape index (κ3) is 4.20. The Labute approximate surface area is 216 Å². The SMILES string of the molecule is COC(=O)[C@@]1(C)C[C@H]1c1ccc(-c2cc3nc(C(=O)N4CCCCC[C@H]4C)cc(C4CC4)n3n2)c(F)c1. The second-order valence-electron chi connectivity index (χ2n) is 11.2. The number of halogens is 1. The molecule has 1 aromatic carbocycles. The van der Waals surface area contributed by atoms with E-state index in [1.165, 1.54) is 13.2 Å². The second kappa shape index (κ2) is 8.92. The van der Waals surface area contributed by atoms with E-state index >= 15 is 4.39 Å². The smallest absolute Gasteiger partial charge is 0.312 e. The number of carbonyl (C=O) groups excluding carboxylic acids is 2. The minimum Gasteiger partial charge on any atom is -0.469 e. The average Bonchev–Trinajstić information content (AvgIpc) is 3.81. The second-order valence-corrected chi connectivity index (χ2v) is 11.2. The van der Waals surface area contributed by atoms with Gasteiger partial charge in [-0.15, -0.1) is 0 Å². The molecule has 3 atom stereocenters. The number of nitrogens with zero attached hydrogens (tertiary/aromatic N) is 4. The maximum absolute atomic E-state index is 15.3. The Morgan fingerprint density at radius 3 is 2.65 bits per heavy atom. The number of rotatable bonds is 5. The van der Waals surface area contributed by atoms with Gasteiger partial charge in [-0.1, -0.05) is 18.9 Å². The highest BCUT2D eigenvalue weighted by Gasteiger charge is 2.57. The molecule has 6 rings (SSSR count). The lowest BCUT2D eigenvalue weighted by atomic mass is 9.99. The molecular weight excluding hydrogens is 471 g/mol.